The monoisotopic (exact) mass is 404 g/mol. The van der Waals surface area contributed by atoms with Gasteiger partial charge in [0.15, 0.2) is 12.5 Å². The predicted octanol–water partition coefficient (Wildman–Crippen LogP) is 1.96. The lowest BCUT2D eigenvalue weighted by atomic mass is 9.95. The first-order valence-electron chi connectivity index (χ1n) is 9.47. The standard InChI is InChI=1S/C20H20N8O2/c21-9-13-16(23)15-17(26-20(25-10-22)28-19(15)27-18(13)24)11-4-6-12(7-5-11)30-14-3-1-2-8-29-14/h4-7,14,17H,1-3,8H2,(H6,23,24,25,26,27,28). The van der Waals surface area contributed by atoms with E-state index in [4.69, 9.17) is 26.2 Å². The highest BCUT2D eigenvalue weighted by atomic mass is 16.7. The SMILES string of the molecule is N#CNC1=NC(c2ccc(OC3CCCCO3)cc2)c2c(nc(N)c(C#N)c2N)N1. The summed E-state index contributed by atoms with van der Waals surface area (Å²) < 4.78 is 11.5. The van der Waals surface area contributed by atoms with E-state index in [1.54, 1.807) is 0 Å². The number of benzene rings is 1. The van der Waals surface area contributed by atoms with Crippen molar-refractivity contribution in [3.05, 3.63) is 41.0 Å². The van der Waals surface area contributed by atoms with Gasteiger partial charge in [-0.25, -0.2) is 9.98 Å². The molecule has 30 heavy (non-hydrogen) atoms. The van der Waals surface area contributed by atoms with Crippen molar-refractivity contribution in [1.29, 1.82) is 10.5 Å². The van der Waals surface area contributed by atoms with Crippen molar-refractivity contribution in [3.8, 4) is 18.0 Å². The number of nitriles is 2. The lowest BCUT2D eigenvalue weighted by molar-refractivity contribution is -0.105. The van der Waals surface area contributed by atoms with E-state index >= 15 is 0 Å². The van der Waals surface area contributed by atoms with Crippen LogP contribution < -0.4 is 26.8 Å². The number of nitrogens with one attached hydrogen (secondary N) is 2. The minimum Gasteiger partial charge on any atom is -0.465 e. The number of pyridine rings is 1. The molecule has 0 aliphatic carbocycles. The van der Waals surface area contributed by atoms with E-state index in [-0.39, 0.29) is 29.3 Å². The van der Waals surface area contributed by atoms with Crippen LogP contribution in [0.3, 0.4) is 0 Å². The third-order valence-electron chi connectivity index (χ3n) is 4.96. The highest BCUT2D eigenvalue weighted by Gasteiger charge is 2.29. The van der Waals surface area contributed by atoms with Crippen molar-refractivity contribution in [2.75, 3.05) is 23.4 Å². The molecule has 0 spiro atoms. The molecular formula is C20H20N8O2. The van der Waals surface area contributed by atoms with Crippen molar-refractivity contribution in [2.24, 2.45) is 4.99 Å². The first kappa shape index (κ1) is 19.3. The van der Waals surface area contributed by atoms with Crippen molar-refractivity contribution in [3.63, 3.8) is 0 Å². The number of nitrogens with zero attached hydrogens (tertiary/aromatic N) is 4. The first-order valence-corrected chi connectivity index (χ1v) is 9.47. The number of anilines is 3. The lowest BCUT2D eigenvalue weighted by Gasteiger charge is -2.26. The second kappa shape index (κ2) is 8.15. The maximum Gasteiger partial charge on any atom is 0.211 e. The van der Waals surface area contributed by atoms with Gasteiger partial charge >= 0.3 is 0 Å². The van der Waals surface area contributed by atoms with Crippen LogP contribution in [0.25, 0.3) is 0 Å². The van der Waals surface area contributed by atoms with E-state index in [0.29, 0.717) is 23.7 Å². The van der Waals surface area contributed by atoms with Crippen molar-refractivity contribution < 1.29 is 9.47 Å². The zero-order chi connectivity index (χ0) is 21.1. The maximum absolute atomic E-state index is 9.40. The summed E-state index contributed by atoms with van der Waals surface area (Å²) in [6, 6.07) is 8.76. The number of aliphatic imine (C=N–C) groups is 1. The Bertz CT molecular complexity index is 1060. The summed E-state index contributed by atoms with van der Waals surface area (Å²) in [5.74, 6) is 1.24. The molecule has 2 aromatic rings. The van der Waals surface area contributed by atoms with E-state index < -0.39 is 6.04 Å². The molecule has 3 heterocycles. The van der Waals surface area contributed by atoms with Crippen LogP contribution >= 0.6 is 0 Å². The maximum atomic E-state index is 9.40. The van der Waals surface area contributed by atoms with Gasteiger partial charge < -0.3 is 26.3 Å². The molecule has 1 aromatic carbocycles. The Labute approximate surface area is 173 Å². The van der Waals surface area contributed by atoms with Gasteiger partial charge in [-0.05, 0) is 30.5 Å². The fourth-order valence-electron chi connectivity index (χ4n) is 3.51. The number of aromatic nitrogens is 1. The molecular weight excluding hydrogens is 384 g/mol. The Morgan fingerprint density at radius 2 is 2.00 bits per heavy atom. The molecule has 2 aliphatic heterocycles. The summed E-state index contributed by atoms with van der Waals surface area (Å²) in [6.07, 6.45) is 4.57. The third kappa shape index (κ3) is 3.64. The Kier molecular flexibility index (Phi) is 5.24. The zero-order valence-electron chi connectivity index (χ0n) is 16.1. The van der Waals surface area contributed by atoms with Gasteiger partial charge in [0, 0.05) is 12.0 Å². The average molecular weight is 404 g/mol. The Morgan fingerprint density at radius 1 is 1.20 bits per heavy atom. The van der Waals surface area contributed by atoms with Crippen molar-refractivity contribution >= 4 is 23.3 Å². The molecule has 1 saturated heterocycles. The Balaban J connectivity index is 1.69. The number of nitrogens with two attached hydrogens (primary N) is 2. The van der Waals surface area contributed by atoms with Crippen LogP contribution in [-0.4, -0.2) is 23.8 Å². The number of ether oxygens (including phenoxy) is 2. The minimum atomic E-state index is -0.586. The summed E-state index contributed by atoms with van der Waals surface area (Å²) in [4.78, 5) is 8.77. The molecule has 1 aromatic heterocycles. The average Bonchev–Trinajstić information content (AvgIpc) is 2.75. The zero-order valence-corrected chi connectivity index (χ0v) is 16.1. The molecule has 0 saturated carbocycles. The molecule has 10 nitrogen and oxygen atoms in total. The van der Waals surface area contributed by atoms with Gasteiger partial charge in [-0.1, -0.05) is 12.1 Å². The second-order valence-electron chi connectivity index (χ2n) is 6.88. The molecule has 6 N–H and O–H groups in total. The van der Waals surface area contributed by atoms with Gasteiger partial charge in [0.25, 0.3) is 0 Å². The predicted molar refractivity (Wildman–Crippen MR) is 110 cm³/mol. The molecule has 10 heteroatoms. The van der Waals surface area contributed by atoms with Crippen molar-refractivity contribution in [1.82, 2.24) is 10.3 Å². The summed E-state index contributed by atoms with van der Waals surface area (Å²) >= 11 is 0. The van der Waals surface area contributed by atoms with E-state index in [1.165, 1.54) is 0 Å². The molecule has 1 fully saturated rings. The van der Waals surface area contributed by atoms with Crippen LogP contribution in [0.2, 0.25) is 0 Å². The van der Waals surface area contributed by atoms with Crippen LogP contribution in [0.15, 0.2) is 29.3 Å². The normalized spacial score (nSPS) is 20.0. The summed E-state index contributed by atoms with van der Waals surface area (Å²) in [5, 5.41) is 23.7. The van der Waals surface area contributed by atoms with Gasteiger partial charge in [0.1, 0.15) is 35.1 Å². The van der Waals surface area contributed by atoms with E-state index in [0.717, 1.165) is 24.8 Å². The fraction of sp³-hybridized carbons (Fsp3) is 0.300. The van der Waals surface area contributed by atoms with Gasteiger partial charge in [-0.3, -0.25) is 5.32 Å². The third-order valence-corrected chi connectivity index (χ3v) is 4.96. The molecule has 0 radical (unpaired) electrons. The number of hydrogen-bond acceptors (Lipinski definition) is 10. The van der Waals surface area contributed by atoms with Crippen LogP contribution in [-0.2, 0) is 4.74 Å². The Morgan fingerprint density at radius 3 is 2.67 bits per heavy atom. The molecule has 152 valence electrons. The smallest absolute Gasteiger partial charge is 0.211 e. The number of fused-ring (bicyclic) bond motifs is 1. The van der Waals surface area contributed by atoms with E-state index in [9.17, 15) is 5.26 Å². The van der Waals surface area contributed by atoms with Gasteiger partial charge in [-0.15, -0.1) is 0 Å². The fourth-order valence-corrected chi connectivity index (χ4v) is 3.51. The topological polar surface area (TPSA) is 167 Å². The van der Waals surface area contributed by atoms with Gasteiger partial charge in [0.05, 0.1) is 12.3 Å². The van der Waals surface area contributed by atoms with Crippen LogP contribution in [0.5, 0.6) is 5.75 Å². The highest BCUT2D eigenvalue weighted by Crippen LogP contribution is 2.40. The van der Waals surface area contributed by atoms with Crippen LogP contribution in [0, 0.1) is 22.8 Å². The molecule has 0 amide bonds. The quantitative estimate of drug-likeness (QED) is 0.441. The van der Waals surface area contributed by atoms with E-state index in [1.807, 2.05) is 36.5 Å². The number of nitrogen functional groups attached to an aromatic ring is 2. The van der Waals surface area contributed by atoms with Crippen molar-refractivity contribution in [2.45, 2.75) is 31.6 Å². The minimum absolute atomic E-state index is 0.00874. The van der Waals surface area contributed by atoms with Gasteiger partial charge in [-0.2, -0.15) is 10.5 Å². The molecule has 0 bridgehead atoms. The highest BCUT2D eigenvalue weighted by molar-refractivity contribution is 5.98. The molecule has 2 aliphatic rings. The van der Waals surface area contributed by atoms with Gasteiger partial charge in [0.2, 0.25) is 5.96 Å². The lowest BCUT2D eigenvalue weighted by Crippen LogP contribution is -2.32. The number of hydrogen-bond donors (Lipinski definition) is 4. The first-order chi connectivity index (χ1) is 14.6. The van der Waals surface area contributed by atoms with Crippen LogP contribution in [0.1, 0.15) is 42.0 Å². The molecule has 2 unspecified atom stereocenters. The number of rotatable bonds is 3. The molecule has 4 rings (SSSR count). The summed E-state index contributed by atoms with van der Waals surface area (Å²) in [6.45, 7) is 0.703. The van der Waals surface area contributed by atoms with E-state index in [2.05, 4.69) is 20.6 Å². The molecule has 2 atom stereocenters. The number of guanidine groups is 1. The largest absolute Gasteiger partial charge is 0.465 e. The summed E-state index contributed by atoms with van der Waals surface area (Å²) in [5.41, 5.74) is 13.7. The second-order valence-corrected chi connectivity index (χ2v) is 6.88. The Hall–Kier alpha value is -4.02. The van der Waals surface area contributed by atoms with Crippen LogP contribution in [0.4, 0.5) is 17.3 Å². The summed E-state index contributed by atoms with van der Waals surface area (Å²) in [7, 11) is 0.